The third-order valence-electron chi connectivity index (χ3n) is 21.7. The van der Waals surface area contributed by atoms with Crippen LogP contribution in [-0.4, -0.2) is 285 Å². The first-order valence-electron chi connectivity index (χ1n) is 41.1. The van der Waals surface area contributed by atoms with Crippen LogP contribution in [0.1, 0.15) is 131 Å². The van der Waals surface area contributed by atoms with Gasteiger partial charge in [0.1, 0.15) is 66.3 Å². The van der Waals surface area contributed by atoms with Crippen LogP contribution in [0.5, 0.6) is 0 Å². The molecule has 0 spiro atoms. The monoisotopic (exact) mass is 1640 g/mol. The first kappa shape index (κ1) is 94.4. The van der Waals surface area contributed by atoms with Crippen LogP contribution in [0.2, 0.25) is 0 Å². The maximum Gasteiger partial charge on any atom is 0.407 e. The van der Waals surface area contributed by atoms with Crippen molar-refractivity contribution < 1.29 is 110 Å². The summed E-state index contributed by atoms with van der Waals surface area (Å²) in [6.07, 6.45) is 12.6. The maximum atomic E-state index is 14.6. The molecule has 3 amide bonds. The smallest absolute Gasteiger partial charge is 0.407 e. The summed E-state index contributed by atoms with van der Waals surface area (Å²) >= 11 is 0. The minimum absolute atomic E-state index is 0.00207. The van der Waals surface area contributed by atoms with Crippen LogP contribution in [0.25, 0.3) is 33.3 Å². The second-order valence-corrected chi connectivity index (χ2v) is 30.6. The average molecular weight is 1640 g/mol. The summed E-state index contributed by atoms with van der Waals surface area (Å²) in [4.78, 5) is 114. The molecule has 650 valence electrons. The minimum Gasteiger partial charge on any atom is -0.459 e. The summed E-state index contributed by atoms with van der Waals surface area (Å²) in [5, 5.41) is 46.4. The second kappa shape index (κ2) is 49.5. The summed E-state index contributed by atoms with van der Waals surface area (Å²) in [6, 6.07) is 1.69. The molecule has 4 aromatic heterocycles. The quantitative estimate of drug-likeness (QED) is 0.00787. The van der Waals surface area contributed by atoms with E-state index in [9.17, 15) is 48.9 Å². The number of anilines is 1. The van der Waals surface area contributed by atoms with E-state index in [2.05, 4.69) is 30.6 Å². The van der Waals surface area contributed by atoms with Gasteiger partial charge in [0.25, 0.3) is 11.7 Å². The van der Waals surface area contributed by atoms with Gasteiger partial charge in [0, 0.05) is 100 Å². The number of hydrogen-bond acceptors (Lipinski definition) is 29. The normalized spacial score (nSPS) is 26.9. The number of hydrogen-bond donors (Lipinski definition) is 8. The molecule has 2 bridgehead atoms. The van der Waals surface area contributed by atoms with Crippen molar-refractivity contribution in [1.82, 2.24) is 45.2 Å². The van der Waals surface area contributed by atoms with Crippen LogP contribution in [-0.2, 0) is 92.1 Å². The topological polar surface area (TPSA) is 452 Å². The van der Waals surface area contributed by atoms with E-state index in [1.165, 1.54) is 26.4 Å². The summed E-state index contributed by atoms with van der Waals surface area (Å²) in [6.45, 7) is 16.2. The van der Waals surface area contributed by atoms with Crippen molar-refractivity contribution in [3.63, 3.8) is 0 Å². The van der Waals surface area contributed by atoms with Crippen molar-refractivity contribution in [3.05, 3.63) is 78.5 Å². The lowest BCUT2D eigenvalue weighted by Gasteiger charge is -2.42. The van der Waals surface area contributed by atoms with Gasteiger partial charge in [-0.2, -0.15) is 5.10 Å². The summed E-state index contributed by atoms with van der Waals surface area (Å²) in [5.41, 5.74) is 17.1. The number of nitrogens with one attached hydrogen (secondary N) is 3. The van der Waals surface area contributed by atoms with Crippen molar-refractivity contribution in [2.45, 2.75) is 199 Å². The molecular formula is C83H125N11O23. The van der Waals surface area contributed by atoms with Gasteiger partial charge in [-0.25, -0.2) is 34.0 Å². The third-order valence-corrected chi connectivity index (χ3v) is 21.7. The summed E-state index contributed by atoms with van der Waals surface area (Å²) < 4.78 is 76.0. The average Bonchev–Trinajstić information content (AvgIpc) is 1.73. The highest BCUT2D eigenvalue weighted by Gasteiger charge is 2.53. The van der Waals surface area contributed by atoms with E-state index in [-0.39, 0.29) is 76.2 Å². The summed E-state index contributed by atoms with van der Waals surface area (Å²) in [7, 11) is 3.06. The standard InChI is InChI=1S/C83H125N11O23/c1-53-16-10-9-11-17-54(2)67(105-7)49-62-21-19-58(6)83(104,117-62)75(99)79(100)93-27-14-12-18-64(93)80(101)115-68(50-65(95)55(3)45-57(5)73(97)74(98)72(96)56(4)44-53)63(84)46-59-20-22-66(69(47-59)106-8)116-82(103)88-26-29-107-30-31-108-32-33-109-34-35-110-36-37-111-38-39-112-40-41-113-42-43-114-81(102)87-24-13-15-28-94-78-70(76(85)90-52-91-78)71(92-94)61-48-60-23-25-86-77(60)89-51-61/h9-11,16-17,23,25,45,48,51-53,55-56,58-59,62-64,66-69,73-74,97-98,104H,12-15,18-22,24,26-44,46-47,49-50,84H2,1-8H3,(H,86,89)(H,87,102)(H,88,103)(H2,85,90,91)/b11-9?,16-10+,54-17?,57-45+/t53-,55-,56-,58-,59+,62+,63-,64+,66-,67+,68+,69-,73-,74+,83-/m1/s1. The number of nitrogen functional groups attached to an aromatic ring is 1. The van der Waals surface area contributed by atoms with E-state index < -0.39 is 126 Å². The number of piperidine rings is 1. The molecule has 7 heterocycles. The van der Waals surface area contributed by atoms with E-state index in [4.69, 9.17) is 78.1 Å². The Balaban J connectivity index is 0.662. The summed E-state index contributed by atoms with van der Waals surface area (Å²) in [5.74, 6) is -8.96. The number of Topliss-reactive ketones (excluding diaryl/α,β-unsaturated/α-hetero) is 3. The van der Waals surface area contributed by atoms with Crippen LogP contribution in [0, 0.1) is 29.6 Å². The van der Waals surface area contributed by atoms with E-state index in [1.807, 2.05) is 62.6 Å². The van der Waals surface area contributed by atoms with Crippen LogP contribution in [0.3, 0.4) is 0 Å². The Morgan fingerprint density at radius 1 is 0.726 bits per heavy atom. The number of cyclic esters (lactones) is 1. The lowest BCUT2D eigenvalue weighted by Crippen LogP contribution is -2.61. The molecule has 1 saturated carbocycles. The van der Waals surface area contributed by atoms with Gasteiger partial charge in [-0.1, -0.05) is 64.2 Å². The number of unbranched alkanes of at least 4 members (excludes halogenated alkanes) is 1. The molecular weight excluding hydrogens is 1520 g/mol. The Kier molecular flexibility index (Phi) is 39.9. The van der Waals surface area contributed by atoms with E-state index >= 15 is 0 Å². The number of aromatic amines is 1. The lowest BCUT2D eigenvalue weighted by molar-refractivity contribution is -0.265. The van der Waals surface area contributed by atoms with Crippen LogP contribution in [0.15, 0.2) is 78.5 Å². The number of aliphatic hydroxyl groups is 3. The lowest BCUT2D eigenvalue weighted by atomic mass is 9.80. The molecule has 10 N–H and O–H groups in total. The number of nitrogens with two attached hydrogens (primary N) is 2. The highest BCUT2D eigenvalue weighted by molar-refractivity contribution is 6.39. The molecule has 117 heavy (non-hydrogen) atoms. The highest BCUT2D eigenvalue weighted by Crippen LogP contribution is 2.38. The predicted molar refractivity (Wildman–Crippen MR) is 431 cm³/mol. The van der Waals surface area contributed by atoms with Crippen molar-refractivity contribution in [1.29, 1.82) is 0 Å². The molecule has 1 aliphatic carbocycles. The van der Waals surface area contributed by atoms with E-state index in [0.717, 1.165) is 27.1 Å². The van der Waals surface area contributed by atoms with Gasteiger partial charge in [-0.15, -0.1) is 0 Å². The molecule has 0 radical (unpaired) electrons. The fourth-order valence-electron chi connectivity index (χ4n) is 14.9. The first-order valence-corrected chi connectivity index (χ1v) is 41.1. The molecule has 15 atom stereocenters. The number of carbonyl (C=O) groups excluding carboxylic acids is 7. The number of carbonyl (C=O) groups is 7. The minimum atomic E-state index is -2.51. The van der Waals surface area contributed by atoms with Crippen LogP contribution < -0.4 is 22.1 Å². The van der Waals surface area contributed by atoms with Gasteiger partial charge in [-0.05, 0) is 126 Å². The number of aromatic nitrogens is 6. The maximum absolute atomic E-state index is 14.6. The Hall–Kier alpha value is -8.07. The zero-order chi connectivity index (χ0) is 84.2. The van der Waals surface area contributed by atoms with Gasteiger partial charge in [0.15, 0.2) is 11.4 Å². The number of fused-ring (bicyclic) bond motifs is 5. The molecule has 3 aliphatic heterocycles. The molecule has 2 saturated heterocycles. The van der Waals surface area contributed by atoms with Crippen molar-refractivity contribution in [2.75, 3.05) is 139 Å². The number of ether oxygens (including phenoxy) is 13. The van der Waals surface area contributed by atoms with Gasteiger partial charge in [-0.3, -0.25) is 19.2 Å². The van der Waals surface area contributed by atoms with Crippen molar-refractivity contribution in [3.8, 4) is 11.3 Å². The zero-order valence-corrected chi connectivity index (χ0v) is 69.1. The molecule has 34 heteroatoms. The number of esters is 1. The van der Waals surface area contributed by atoms with Crippen molar-refractivity contribution in [2.24, 2.45) is 35.3 Å². The molecule has 0 aromatic carbocycles. The SMILES string of the molecule is CO[C@H]1C[C@@H]2CC[C@@H](C)[C@@](O)(O2)C(=O)C(=O)N2CCCC[C@H]2C(=O)O[C@H]([C@H](N)C[C@@H]2CC[C@@H](OC(=O)NCCOCCOCCOCCOCCOCCOCCOCCOC(=O)NCCCCn3nc(-c4cnc5[nH]ccc5c4)c4c(N)ncnc43)[C@H](OC)C2)CC(=O)[C@H](C)/C=C(\C)[C@@H](O)[C@@H](O)C(=O)[C@H](C)C[C@H](C)/C=C/C=CC=C1C. The molecule has 4 aliphatic rings. The number of methoxy groups -OCH3 is 2. The Morgan fingerprint density at radius 3 is 2.07 bits per heavy atom. The van der Waals surface area contributed by atoms with Gasteiger partial charge in [0.2, 0.25) is 5.79 Å². The molecule has 3 fully saturated rings. The van der Waals surface area contributed by atoms with Crippen LogP contribution >= 0.6 is 0 Å². The number of aryl methyl sites for hydroxylation is 1. The van der Waals surface area contributed by atoms with Gasteiger partial charge in [0.05, 0.1) is 116 Å². The molecule has 4 aromatic rings. The Labute approximate surface area is 684 Å². The van der Waals surface area contributed by atoms with Crippen LogP contribution in [0.4, 0.5) is 15.4 Å². The number of amides is 3. The number of ketones is 3. The fraction of sp³-hybridized carbons (Fsp3) is 0.675. The number of alkyl carbamates (subject to hydrolysis) is 2. The second-order valence-electron chi connectivity index (χ2n) is 30.6. The number of rotatable bonds is 36. The van der Waals surface area contributed by atoms with E-state index in [0.29, 0.717) is 173 Å². The zero-order valence-electron chi connectivity index (χ0n) is 69.1. The van der Waals surface area contributed by atoms with Gasteiger partial charge < -0.3 is 109 Å². The van der Waals surface area contributed by atoms with E-state index in [1.54, 1.807) is 38.8 Å². The number of pyridine rings is 1. The Bertz CT molecular complexity index is 3910. The largest absolute Gasteiger partial charge is 0.459 e. The third kappa shape index (κ3) is 29.4. The number of H-pyrrole nitrogens is 1. The van der Waals surface area contributed by atoms with Crippen molar-refractivity contribution >= 4 is 69.3 Å². The Morgan fingerprint density at radius 2 is 1.39 bits per heavy atom. The van der Waals surface area contributed by atoms with Gasteiger partial charge >= 0.3 is 18.2 Å². The predicted octanol–water partition coefficient (Wildman–Crippen LogP) is 6.54. The first-order chi connectivity index (χ1) is 56.4. The number of aliphatic hydroxyl groups excluding tert-OH is 2. The molecule has 8 rings (SSSR count). The molecule has 34 nitrogen and oxygen atoms in total. The highest BCUT2D eigenvalue weighted by atomic mass is 16.6. The molecule has 0 unspecified atom stereocenters. The number of nitrogens with zero attached hydrogens (tertiary/aromatic N) is 6. The number of allylic oxidation sites excluding steroid dienone is 6. The fourth-order valence-corrected chi connectivity index (χ4v) is 14.9.